The molecule has 0 radical (unpaired) electrons. The van der Waals surface area contributed by atoms with E-state index in [1.807, 2.05) is 12.1 Å². The SMILES string of the molecule is COCCS(=O)(=O)N1Cc2ccccc2NC(=O)C1C. The van der Waals surface area contributed by atoms with Gasteiger partial charge in [-0.25, -0.2) is 8.42 Å². The van der Waals surface area contributed by atoms with Crippen LogP contribution in [-0.2, 0) is 26.1 Å². The van der Waals surface area contributed by atoms with Crippen molar-refractivity contribution < 1.29 is 17.9 Å². The third kappa shape index (κ3) is 3.00. The van der Waals surface area contributed by atoms with Gasteiger partial charge in [-0.2, -0.15) is 4.31 Å². The topological polar surface area (TPSA) is 75.7 Å². The summed E-state index contributed by atoms with van der Waals surface area (Å²) in [7, 11) is -2.10. The van der Waals surface area contributed by atoms with Crippen LogP contribution >= 0.6 is 0 Å². The first-order valence-electron chi connectivity index (χ1n) is 6.33. The van der Waals surface area contributed by atoms with Crippen LogP contribution in [0, 0.1) is 0 Å². The van der Waals surface area contributed by atoms with Gasteiger partial charge in [0.2, 0.25) is 15.9 Å². The van der Waals surface area contributed by atoms with E-state index in [0.29, 0.717) is 5.69 Å². The van der Waals surface area contributed by atoms with E-state index in [1.54, 1.807) is 19.1 Å². The molecule has 7 heteroatoms. The Bertz CT molecular complexity index is 600. The van der Waals surface area contributed by atoms with Gasteiger partial charge in [0.25, 0.3) is 0 Å². The Morgan fingerprint density at radius 1 is 1.40 bits per heavy atom. The maximum atomic E-state index is 12.3. The average molecular weight is 298 g/mol. The maximum absolute atomic E-state index is 12.3. The van der Waals surface area contributed by atoms with Gasteiger partial charge in [-0.1, -0.05) is 18.2 Å². The number of hydrogen-bond acceptors (Lipinski definition) is 4. The van der Waals surface area contributed by atoms with E-state index in [-0.39, 0.29) is 24.8 Å². The molecule has 1 atom stereocenters. The number of methoxy groups -OCH3 is 1. The number of sulfonamides is 1. The molecule has 1 amide bonds. The fourth-order valence-electron chi connectivity index (χ4n) is 2.10. The molecular weight excluding hydrogens is 280 g/mol. The highest BCUT2D eigenvalue weighted by Gasteiger charge is 2.34. The minimum atomic E-state index is -3.55. The predicted molar refractivity (Wildman–Crippen MR) is 75.7 cm³/mol. The summed E-state index contributed by atoms with van der Waals surface area (Å²) in [5.74, 6) is -0.459. The summed E-state index contributed by atoms with van der Waals surface area (Å²) in [6.45, 7) is 1.88. The zero-order valence-corrected chi connectivity index (χ0v) is 12.3. The van der Waals surface area contributed by atoms with Gasteiger partial charge in [-0.05, 0) is 18.6 Å². The number of para-hydroxylation sites is 1. The van der Waals surface area contributed by atoms with Crippen molar-refractivity contribution in [3.05, 3.63) is 29.8 Å². The van der Waals surface area contributed by atoms with Crippen molar-refractivity contribution in [2.45, 2.75) is 19.5 Å². The molecule has 0 bridgehead atoms. The number of rotatable bonds is 4. The Balaban J connectivity index is 2.35. The molecule has 2 rings (SSSR count). The Morgan fingerprint density at radius 3 is 2.80 bits per heavy atom. The van der Waals surface area contributed by atoms with E-state index in [2.05, 4.69) is 5.32 Å². The second kappa shape index (κ2) is 5.90. The smallest absolute Gasteiger partial charge is 0.242 e. The molecule has 1 aromatic rings. The number of nitrogens with one attached hydrogen (secondary N) is 1. The number of benzene rings is 1. The first-order valence-corrected chi connectivity index (χ1v) is 7.94. The fraction of sp³-hybridized carbons (Fsp3) is 0.462. The molecule has 1 heterocycles. The predicted octanol–water partition coefficient (Wildman–Crippen LogP) is 0.805. The molecule has 1 aromatic carbocycles. The first kappa shape index (κ1) is 15.0. The van der Waals surface area contributed by atoms with Crippen LogP contribution in [0.3, 0.4) is 0 Å². The largest absolute Gasteiger partial charge is 0.384 e. The van der Waals surface area contributed by atoms with Crippen LogP contribution < -0.4 is 5.32 Å². The number of hydrogen-bond donors (Lipinski definition) is 1. The second-order valence-corrected chi connectivity index (χ2v) is 6.72. The molecule has 0 spiro atoms. The number of amides is 1. The van der Waals surface area contributed by atoms with Gasteiger partial charge in [-0.3, -0.25) is 4.79 Å². The number of ether oxygens (including phenoxy) is 1. The van der Waals surface area contributed by atoms with Gasteiger partial charge in [-0.15, -0.1) is 0 Å². The summed E-state index contributed by atoms with van der Waals surface area (Å²) in [6.07, 6.45) is 0. The van der Waals surface area contributed by atoms with Crippen molar-refractivity contribution in [2.24, 2.45) is 0 Å². The molecule has 1 aliphatic rings. The standard InChI is InChI=1S/C13H18N2O4S/c1-10-13(16)14-12-6-4-3-5-11(12)9-15(10)20(17,18)8-7-19-2/h3-6,10H,7-9H2,1-2H3,(H,14,16). The zero-order chi connectivity index (χ0) is 14.8. The molecule has 1 N–H and O–H groups in total. The molecule has 20 heavy (non-hydrogen) atoms. The van der Waals surface area contributed by atoms with Gasteiger partial charge in [0.05, 0.1) is 12.4 Å². The van der Waals surface area contributed by atoms with E-state index in [0.717, 1.165) is 5.56 Å². The van der Waals surface area contributed by atoms with Gasteiger partial charge in [0, 0.05) is 19.3 Å². The quantitative estimate of drug-likeness (QED) is 0.892. The van der Waals surface area contributed by atoms with Crippen LogP contribution in [0.25, 0.3) is 0 Å². The molecule has 1 aliphatic heterocycles. The normalized spacial score (nSPS) is 20.1. The molecule has 6 nitrogen and oxygen atoms in total. The number of anilines is 1. The minimum absolute atomic E-state index is 0.106. The van der Waals surface area contributed by atoms with Crippen LogP contribution in [0.2, 0.25) is 0 Å². The Labute approximate surface area is 118 Å². The molecule has 0 fully saturated rings. The fourth-order valence-corrected chi connectivity index (χ4v) is 3.62. The van der Waals surface area contributed by atoms with Crippen LogP contribution in [0.1, 0.15) is 12.5 Å². The van der Waals surface area contributed by atoms with Crippen LogP contribution in [0.15, 0.2) is 24.3 Å². The summed E-state index contributed by atoms with van der Waals surface area (Å²) in [5.41, 5.74) is 1.44. The third-order valence-electron chi connectivity index (χ3n) is 3.32. The zero-order valence-electron chi connectivity index (χ0n) is 11.5. The number of carbonyl (C=O) groups excluding carboxylic acids is 1. The van der Waals surface area contributed by atoms with Crippen molar-refractivity contribution in [2.75, 3.05) is 24.8 Å². The molecule has 0 saturated heterocycles. The van der Waals surface area contributed by atoms with E-state index >= 15 is 0 Å². The summed E-state index contributed by atoms with van der Waals surface area (Å²) in [5, 5.41) is 2.75. The summed E-state index contributed by atoms with van der Waals surface area (Å²) < 4.78 is 30.7. The molecule has 1 unspecified atom stereocenters. The summed E-state index contributed by atoms with van der Waals surface area (Å²) in [4.78, 5) is 12.1. The average Bonchev–Trinajstić information content (AvgIpc) is 2.55. The van der Waals surface area contributed by atoms with Gasteiger partial charge in [0.15, 0.2) is 0 Å². The maximum Gasteiger partial charge on any atom is 0.242 e. The lowest BCUT2D eigenvalue weighted by atomic mass is 10.2. The van der Waals surface area contributed by atoms with Crippen molar-refractivity contribution in [3.63, 3.8) is 0 Å². The number of carbonyl (C=O) groups is 1. The third-order valence-corrected chi connectivity index (χ3v) is 5.16. The van der Waals surface area contributed by atoms with Crippen LogP contribution in [0.4, 0.5) is 5.69 Å². The number of fused-ring (bicyclic) bond motifs is 1. The summed E-state index contributed by atoms with van der Waals surface area (Å²) in [6, 6.07) is 6.46. The van der Waals surface area contributed by atoms with Crippen molar-refractivity contribution >= 4 is 21.6 Å². The van der Waals surface area contributed by atoms with E-state index in [9.17, 15) is 13.2 Å². The molecule has 0 aliphatic carbocycles. The highest BCUT2D eigenvalue weighted by molar-refractivity contribution is 7.89. The van der Waals surface area contributed by atoms with E-state index in [1.165, 1.54) is 11.4 Å². The molecule has 0 saturated carbocycles. The molecule has 110 valence electrons. The number of nitrogens with zero attached hydrogens (tertiary/aromatic N) is 1. The van der Waals surface area contributed by atoms with Crippen molar-refractivity contribution in [1.82, 2.24) is 4.31 Å². The summed E-state index contributed by atoms with van der Waals surface area (Å²) >= 11 is 0. The van der Waals surface area contributed by atoms with Crippen molar-refractivity contribution in [1.29, 1.82) is 0 Å². The molecule has 0 aromatic heterocycles. The molecular formula is C13H18N2O4S. The first-order chi connectivity index (χ1) is 9.45. The Kier molecular flexibility index (Phi) is 4.42. The lowest BCUT2D eigenvalue weighted by molar-refractivity contribution is -0.119. The lowest BCUT2D eigenvalue weighted by Crippen LogP contribution is -2.44. The second-order valence-electron chi connectivity index (χ2n) is 4.68. The van der Waals surface area contributed by atoms with Crippen molar-refractivity contribution in [3.8, 4) is 0 Å². The lowest BCUT2D eigenvalue weighted by Gasteiger charge is -2.24. The Morgan fingerprint density at radius 2 is 2.10 bits per heavy atom. The van der Waals surface area contributed by atoms with E-state index in [4.69, 9.17) is 4.74 Å². The van der Waals surface area contributed by atoms with E-state index < -0.39 is 16.1 Å². The highest BCUT2D eigenvalue weighted by atomic mass is 32.2. The van der Waals surface area contributed by atoms with Crippen LogP contribution in [-0.4, -0.2) is 44.1 Å². The van der Waals surface area contributed by atoms with Crippen LogP contribution in [0.5, 0.6) is 0 Å². The Hall–Kier alpha value is -1.44. The van der Waals surface area contributed by atoms with Gasteiger partial charge < -0.3 is 10.1 Å². The van der Waals surface area contributed by atoms with Gasteiger partial charge in [0.1, 0.15) is 6.04 Å². The van der Waals surface area contributed by atoms with Gasteiger partial charge >= 0.3 is 0 Å². The monoisotopic (exact) mass is 298 g/mol. The highest BCUT2D eigenvalue weighted by Crippen LogP contribution is 2.25. The minimum Gasteiger partial charge on any atom is -0.384 e.